The summed E-state index contributed by atoms with van der Waals surface area (Å²) in [4.78, 5) is 16.7. The third-order valence-corrected chi connectivity index (χ3v) is 4.08. The highest BCUT2D eigenvalue weighted by molar-refractivity contribution is 5.98. The maximum atomic E-state index is 12.4. The molecule has 1 aromatic carbocycles. The van der Waals surface area contributed by atoms with Crippen LogP contribution in [0.15, 0.2) is 24.3 Å². The van der Waals surface area contributed by atoms with Gasteiger partial charge in [-0.3, -0.25) is 4.79 Å². The lowest BCUT2D eigenvalue weighted by Gasteiger charge is -2.26. The van der Waals surface area contributed by atoms with E-state index in [-0.39, 0.29) is 12.1 Å². The molecule has 4 heteroatoms. The average Bonchev–Trinajstić information content (AvgIpc) is 3.04. The Morgan fingerprint density at radius 2 is 1.95 bits per heavy atom. The Hall–Kier alpha value is -1.39. The molecule has 0 aliphatic carbocycles. The second-order valence-electron chi connectivity index (χ2n) is 5.22. The van der Waals surface area contributed by atoms with E-state index in [9.17, 15) is 4.79 Å². The molecule has 1 aromatic rings. The quantitative estimate of drug-likeness (QED) is 0.828. The third kappa shape index (κ3) is 2.26. The maximum Gasteiger partial charge on any atom is 0.256 e. The Morgan fingerprint density at radius 3 is 2.68 bits per heavy atom. The first kappa shape index (κ1) is 12.6. The van der Waals surface area contributed by atoms with Crippen LogP contribution in [-0.2, 0) is 4.74 Å². The summed E-state index contributed by atoms with van der Waals surface area (Å²) < 4.78 is 5.52. The zero-order chi connectivity index (χ0) is 13.2. The van der Waals surface area contributed by atoms with Gasteiger partial charge < -0.3 is 14.5 Å². The second-order valence-corrected chi connectivity index (χ2v) is 5.22. The van der Waals surface area contributed by atoms with Gasteiger partial charge in [-0.05, 0) is 32.0 Å². The smallest absolute Gasteiger partial charge is 0.256 e. The van der Waals surface area contributed by atoms with E-state index in [0.717, 1.165) is 37.3 Å². The van der Waals surface area contributed by atoms with Crippen LogP contribution in [0, 0.1) is 0 Å². The summed E-state index contributed by atoms with van der Waals surface area (Å²) in [6, 6.07) is 7.74. The normalized spacial score (nSPS) is 23.1. The molecule has 3 rings (SSSR count). The number of likely N-dealkylation sites (tertiary alicyclic amines) is 1. The van der Waals surface area contributed by atoms with Crippen LogP contribution in [-0.4, -0.2) is 49.0 Å². The lowest BCUT2D eigenvalue weighted by Crippen LogP contribution is -2.36. The summed E-state index contributed by atoms with van der Waals surface area (Å²) in [6.45, 7) is 4.00. The maximum absolute atomic E-state index is 12.4. The summed E-state index contributed by atoms with van der Waals surface area (Å²) in [5.74, 6) is 0.0987. The highest BCUT2D eigenvalue weighted by Gasteiger charge is 2.36. The average molecular weight is 260 g/mol. The van der Waals surface area contributed by atoms with Gasteiger partial charge >= 0.3 is 0 Å². The summed E-state index contributed by atoms with van der Waals surface area (Å²) in [5.41, 5.74) is 1.78. The number of rotatable bonds is 4. The van der Waals surface area contributed by atoms with Gasteiger partial charge in [-0.15, -0.1) is 0 Å². The fraction of sp³-hybridized carbons (Fsp3) is 0.533. The van der Waals surface area contributed by atoms with Crippen molar-refractivity contribution >= 4 is 5.91 Å². The molecule has 0 radical (unpaired) electrons. The van der Waals surface area contributed by atoms with Crippen LogP contribution >= 0.6 is 0 Å². The van der Waals surface area contributed by atoms with Crippen molar-refractivity contribution in [3.8, 4) is 0 Å². The largest absolute Gasteiger partial charge is 0.357 e. The molecule has 2 aliphatic rings. The van der Waals surface area contributed by atoms with E-state index in [1.54, 1.807) is 7.11 Å². The van der Waals surface area contributed by atoms with Crippen LogP contribution in [0.4, 0.5) is 0 Å². The third-order valence-electron chi connectivity index (χ3n) is 4.08. The molecule has 0 aromatic heterocycles. The zero-order valence-electron chi connectivity index (χ0n) is 11.3. The Balaban J connectivity index is 1.73. The molecule has 19 heavy (non-hydrogen) atoms. The van der Waals surface area contributed by atoms with Crippen molar-refractivity contribution in [3.63, 3.8) is 0 Å². The van der Waals surface area contributed by atoms with Crippen molar-refractivity contribution < 1.29 is 9.53 Å². The molecule has 0 bridgehead atoms. The number of hydrogen-bond acceptors (Lipinski definition) is 3. The second kappa shape index (κ2) is 5.31. The summed E-state index contributed by atoms with van der Waals surface area (Å²) in [7, 11) is 1.67. The minimum absolute atomic E-state index is 0.0987. The lowest BCUT2D eigenvalue weighted by atomic mass is 10.1. The van der Waals surface area contributed by atoms with Crippen LogP contribution in [0.3, 0.4) is 0 Å². The van der Waals surface area contributed by atoms with Crippen molar-refractivity contribution in [1.29, 1.82) is 0 Å². The minimum atomic E-state index is -0.216. The molecule has 2 aliphatic heterocycles. The van der Waals surface area contributed by atoms with Crippen molar-refractivity contribution in [2.75, 3.05) is 33.3 Å². The van der Waals surface area contributed by atoms with E-state index in [2.05, 4.69) is 4.90 Å². The fourth-order valence-electron chi connectivity index (χ4n) is 3.06. The van der Waals surface area contributed by atoms with Gasteiger partial charge in [-0.25, -0.2) is 0 Å². The predicted molar refractivity (Wildman–Crippen MR) is 72.9 cm³/mol. The van der Waals surface area contributed by atoms with Gasteiger partial charge in [-0.2, -0.15) is 0 Å². The van der Waals surface area contributed by atoms with Crippen LogP contribution in [0.1, 0.15) is 35.0 Å². The van der Waals surface area contributed by atoms with Gasteiger partial charge in [-0.1, -0.05) is 18.2 Å². The number of benzene rings is 1. The van der Waals surface area contributed by atoms with Crippen LogP contribution in [0.5, 0.6) is 0 Å². The molecule has 1 atom stereocenters. The van der Waals surface area contributed by atoms with Crippen molar-refractivity contribution in [2.45, 2.75) is 19.1 Å². The molecule has 102 valence electrons. The monoisotopic (exact) mass is 260 g/mol. The van der Waals surface area contributed by atoms with Gasteiger partial charge in [0.1, 0.15) is 0 Å². The van der Waals surface area contributed by atoms with E-state index in [1.165, 1.54) is 12.8 Å². The molecule has 0 unspecified atom stereocenters. The number of carbonyl (C=O) groups is 1. The summed E-state index contributed by atoms with van der Waals surface area (Å²) in [6.07, 6.45) is 2.34. The Morgan fingerprint density at radius 1 is 1.21 bits per heavy atom. The van der Waals surface area contributed by atoms with Crippen LogP contribution in [0.25, 0.3) is 0 Å². The molecule has 2 heterocycles. The first-order chi connectivity index (χ1) is 9.31. The highest BCUT2D eigenvalue weighted by atomic mass is 16.5. The number of hydrogen-bond donors (Lipinski definition) is 0. The molecule has 1 amide bonds. The van der Waals surface area contributed by atoms with Crippen LogP contribution < -0.4 is 0 Å². The van der Waals surface area contributed by atoms with Gasteiger partial charge in [0.05, 0.1) is 0 Å². The number of methoxy groups -OCH3 is 1. The molecule has 0 saturated carbocycles. The molecule has 1 saturated heterocycles. The molecular weight excluding hydrogens is 240 g/mol. The Labute approximate surface area is 113 Å². The van der Waals surface area contributed by atoms with E-state index in [1.807, 2.05) is 29.2 Å². The molecule has 0 spiro atoms. The topological polar surface area (TPSA) is 32.8 Å². The van der Waals surface area contributed by atoms with Crippen molar-refractivity contribution in [2.24, 2.45) is 0 Å². The fourth-order valence-corrected chi connectivity index (χ4v) is 3.06. The number of ether oxygens (including phenoxy) is 1. The SMILES string of the molecule is CO[C@H]1c2ccccc2C(=O)N1CCN1CCCC1. The van der Waals surface area contributed by atoms with Crippen molar-refractivity contribution in [3.05, 3.63) is 35.4 Å². The molecule has 1 fully saturated rings. The standard InChI is InChI=1S/C15H20N2O2/c1-19-15-13-7-3-2-6-12(13)14(18)17(15)11-10-16-8-4-5-9-16/h2-3,6-7,15H,4-5,8-11H2,1H3/t15-/m0/s1. The summed E-state index contributed by atoms with van der Waals surface area (Å²) in [5, 5.41) is 0. The zero-order valence-corrected chi connectivity index (χ0v) is 11.3. The molecule has 4 nitrogen and oxygen atoms in total. The molecular formula is C15H20N2O2. The number of fused-ring (bicyclic) bond motifs is 1. The number of carbonyl (C=O) groups excluding carboxylic acids is 1. The van der Waals surface area contributed by atoms with E-state index >= 15 is 0 Å². The highest BCUT2D eigenvalue weighted by Crippen LogP contribution is 2.33. The van der Waals surface area contributed by atoms with Gasteiger partial charge in [0.25, 0.3) is 5.91 Å². The van der Waals surface area contributed by atoms with Crippen LogP contribution in [0.2, 0.25) is 0 Å². The van der Waals surface area contributed by atoms with E-state index < -0.39 is 0 Å². The minimum Gasteiger partial charge on any atom is -0.357 e. The Kier molecular flexibility index (Phi) is 3.53. The number of nitrogens with zero attached hydrogens (tertiary/aromatic N) is 2. The first-order valence-electron chi connectivity index (χ1n) is 6.96. The predicted octanol–water partition coefficient (Wildman–Crippen LogP) is 1.88. The first-order valence-corrected chi connectivity index (χ1v) is 6.96. The van der Waals surface area contributed by atoms with Gasteiger partial charge in [0.2, 0.25) is 0 Å². The van der Waals surface area contributed by atoms with Gasteiger partial charge in [0.15, 0.2) is 6.23 Å². The Bertz CT molecular complexity index is 469. The van der Waals surface area contributed by atoms with E-state index in [4.69, 9.17) is 4.74 Å². The lowest BCUT2D eigenvalue weighted by molar-refractivity contribution is -0.0149. The van der Waals surface area contributed by atoms with Crippen molar-refractivity contribution in [1.82, 2.24) is 9.80 Å². The molecule has 0 N–H and O–H groups in total. The van der Waals surface area contributed by atoms with Gasteiger partial charge in [0, 0.05) is 31.3 Å². The number of amides is 1. The summed E-state index contributed by atoms with van der Waals surface area (Å²) >= 11 is 0. The van der Waals surface area contributed by atoms with E-state index in [0.29, 0.717) is 0 Å².